The van der Waals surface area contributed by atoms with Gasteiger partial charge in [-0.3, -0.25) is 19.2 Å². The molecule has 0 aliphatic heterocycles. The largest absolute Gasteiger partial charge is 0.504 e. The Morgan fingerprint density at radius 2 is 0.787 bits per heavy atom. The van der Waals surface area contributed by atoms with Crippen LogP contribution in [0.2, 0.25) is 11.1 Å². The van der Waals surface area contributed by atoms with E-state index in [2.05, 4.69) is 13.8 Å². The number of carbonyl (C=O) groups excluding carboxylic acids is 2. The van der Waals surface area contributed by atoms with E-state index in [9.17, 15) is 29.4 Å². The summed E-state index contributed by atoms with van der Waals surface area (Å²) in [6, 6.07) is 0. The number of ether oxygens (including phenoxy) is 1. The molecule has 0 aromatic rings. The molecule has 0 rings (SSSR count). The Bertz CT molecular complexity index is 810. The molecule has 0 aliphatic rings. The Hall–Kier alpha value is -1.73. The van der Waals surface area contributed by atoms with Crippen LogP contribution in [-0.4, -0.2) is 94.4 Å². The maximum Gasteiger partial charge on any atom is 0.504 e. The number of hydrogen-bond acceptors (Lipinski definition) is 11. The second-order valence-corrected chi connectivity index (χ2v) is 18.2. The van der Waals surface area contributed by atoms with Gasteiger partial charge in [-0.2, -0.15) is 0 Å². The molecular formula is C32H62O13Si2. The summed E-state index contributed by atoms with van der Waals surface area (Å²) in [4.78, 5) is 51.4. The Morgan fingerprint density at radius 1 is 0.489 bits per heavy atom. The van der Waals surface area contributed by atoms with Gasteiger partial charge in [0.15, 0.2) is 0 Å². The maximum atomic E-state index is 14.0. The highest BCUT2D eigenvalue weighted by atomic mass is 28.4. The van der Waals surface area contributed by atoms with Crippen molar-refractivity contribution in [2.45, 2.75) is 128 Å². The monoisotopic (exact) mass is 710 g/mol. The molecule has 2 N–H and O–H groups in total. The Labute approximate surface area is 284 Å². The average molecular weight is 711 g/mol. The lowest BCUT2D eigenvalue weighted by Crippen LogP contribution is -2.53. The fraction of sp³-hybridized carbons (Fsp3) is 0.875. The van der Waals surface area contributed by atoms with Gasteiger partial charge in [0, 0.05) is 66.6 Å². The molecule has 15 heteroatoms. The van der Waals surface area contributed by atoms with Gasteiger partial charge in [-0.15, -0.1) is 0 Å². The third-order valence-electron chi connectivity index (χ3n) is 8.97. The minimum Gasteiger partial charge on any atom is -0.481 e. The van der Waals surface area contributed by atoms with E-state index >= 15 is 0 Å². The molecule has 0 saturated heterocycles. The lowest BCUT2D eigenvalue weighted by atomic mass is 9.93. The van der Waals surface area contributed by atoms with Gasteiger partial charge < -0.3 is 41.5 Å². The summed E-state index contributed by atoms with van der Waals surface area (Å²) in [6.45, 7) is 4.21. The quantitative estimate of drug-likeness (QED) is 0.0372. The number of rotatable bonds is 30. The number of esters is 2. The molecule has 0 spiro atoms. The van der Waals surface area contributed by atoms with E-state index in [0.29, 0.717) is 25.7 Å². The lowest BCUT2D eigenvalue weighted by molar-refractivity contribution is -0.167. The number of carboxylic acid groups (broad SMARTS) is 2. The predicted molar refractivity (Wildman–Crippen MR) is 180 cm³/mol. The van der Waals surface area contributed by atoms with Gasteiger partial charge >= 0.3 is 41.5 Å². The molecule has 13 nitrogen and oxygen atoms in total. The lowest BCUT2D eigenvalue weighted by Gasteiger charge is -2.37. The normalized spacial score (nSPS) is 14.7. The molecule has 0 aliphatic carbocycles. The highest BCUT2D eigenvalue weighted by Crippen LogP contribution is 2.42. The summed E-state index contributed by atoms with van der Waals surface area (Å²) in [5, 5.41) is 19.1. The summed E-state index contributed by atoms with van der Waals surface area (Å²) < 4.78 is 40.2. The zero-order valence-electron chi connectivity index (χ0n) is 30.0. The van der Waals surface area contributed by atoms with E-state index in [1.807, 2.05) is 0 Å². The topological polar surface area (TPSA) is 173 Å². The van der Waals surface area contributed by atoms with Crippen LogP contribution in [0.25, 0.3) is 0 Å². The van der Waals surface area contributed by atoms with E-state index in [4.69, 9.17) is 31.3 Å². The van der Waals surface area contributed by atoms with Gasteiger partial charge in [0.2, 0.25) is 0 Å². The highest BCUT2D eigenvalue weighted by molar-refractivity contribution is 6.63. The second kappa shape index (κ2) is 25.3. The summed E-state index contributed by atoms with van der Waals surface area (Å²) in [7, 11) is 1.42. The van der Waals surface area contributed by atoms with Crippen LogP contribution in [-0.2, 0) is 50.5 Å². The van der Waals surface area contributed by atoms with E-state index in [-0.39, 0.29) is 25.7 Å². The molecular weight excluding hydrogens is 649 g/mol. The van der Waals surface area contributed by atoms with Crippen LogP contribution in [0.15, 0.2) is 0 Å². The van der Waals surface area contributed by atoms with Crippen molar-refractivity contribution in [2.24, 2.45) is 11.8 Å². The summed E-state index contributed by atoms with van der Waals surface area (Å²) in [5.74, 6) is -6.30. The molecule has 0 aromatic carbocycles. The van der Waals surface area contributed by atoms with E-state index in [1.54, 1.807) is 0 Å². The van der Waals surface area contributed by atoms with Crippen LogP contribution in [0.4, 0.5) is 0 Å². The zero-order chi connectivity index (χ0) is 35.9. The molecule has 0 saturated carbocycles. The number of carbonyl (C=O) groups is 4. The van der Waals surface area contributed by atoms with Crippen LogP contribution in [0, 0.1) is 11.8 Å². The third-order valence-corrected chi connectivity index (χ3v) is 15.6. The van der Waals surface area contributed by atoms with Crippen molar-refractivity contribution in [2.75, 3.05) is 42.7 Å². The molecule has 0 radical (unpaired) electrons. The Kier molecular flexibility index (Phi) is 24.3. The van der Waals surface area contributed by atoms with E-state index < -0.39 is 64.4 Å². The number of carboxylic acids is 2. The van der Waals surface area contributed by atoms with Crippen molar-refractivity contribution >= 4 is 41.5 Å². The van der Waals surface area contributed by atoms with Crippen LogP contribution < -0.4 is 0 Å². The van der Waals surface area contributed by atoms with Crippen molar-refractivity contribution in [1.82, 2.24) is 0 Å². The second-order valence-electron chi connectivity index (χ2n) is 11.9. The van der Waals surface area contributed by atoms with Crippen LogP contribution in [0.1, 0.15) is 117 Å². The molecule has 0 aromatic heterocycles. The molecule has 0 fully saturated rings. The Balaban J connectivity index is 6.71. The van der Waals surface area contributed by atoms with Crippen LogP contribution in [0.3, 0.4) is 0 Å². The zero-order valence-corrected chi connectivity index (χ0v) is 32.0. The summed E-state index contributed by atoms with van der Waals surface area (Å²) >= 11 is 0. The number of unbranched alkanes of at least 4 members (excludes halogenated alkanes) is 8. The molecule has 47 heavy (non-hydrogen) atoms. The average Bonchev–Trinajstić information content (AvgIpc) is 3.05. The van der Waals surface area contributed by atoms with Gasteiger partial charge in [0.05, 0.1) is 11.8 Å². The summed E-state index contributed by atoms with van der Waals surface area (Å²) in [6.07, 6.45) is 9.18. The highest BCUT2D eigenvalue weighted by Gasteiger charge is 2.55. The van der Waals surface area contributed by atoms with Crippen molar-refractivity contribution in [3.8, 4) is 0 Å². The molecule has 4 unspecified atom stereocenters. The Morgan fingerprint density at radius 3 is 1.04 bits per heavy atom. The molecule has 276 valence electrons. The summed E-state index contributed by atoms with van der Waals surface area (Å²) in [5.41, 5.74) is -1.39. The van der Waals surface area contributed by atoms with Gasteiger partial charge in [0.1, 0.15) is 0 Å². The smallest absolute Gasteiger partial charge is 0.481 e. The first kappa shape index (κ1) is 45.3. The fourth-order valence-electron chi connectivity index (χ4n) is 6.37. The first-order valence-electron chi connectivity index (χ1n) is 16.9. The minimum absolute atomic E-state index is 0.139. The first-order chi connectivity index (χ1) is 22.4. The van der Waals surface area contributed by atoms with Gasteiger partial charge in [-0.05, 0) is 25.7 Å². The SMILES string of the molecule is CCCCCCCC(C(CCC(=O)O)C(=O)OC(=O)C(CCC(=O)O)C(CCCCCCC)[Si](OC)(OC)OC)[Si](OC)(OC)OC. The fourth-order valence-corrected chi connectivity index (χ4v) is 11.9. The number of aliphatic carboxylic acids is 2. The third kappa shape index (κ3) is 15.1. The predicted octanol–water partition coefficient (Wildman–Crippen LogP) is 6.24. The van der Waals surface area contributed by atoms with Crippen LogP contribution >= 0.6 is 0 Å². The van der Waals surface area contributed by atoms with Crippen molar-refractivity contribution in [3.63, 3.8) is 0 Å². The van der Waals surface area contributed by atoms with E-state index in [0.717, 1.165) is 51.4 Å². The minimum atomic E-state index is -3.56. The maximum absolute atomic E-state index is 14.0. The molecule has 0 bridgehead atoms. The molecule has 0 heterocycles. The standard InChI is InChI=1S/C32H62O13Si2/c1-9-11-13-15-17-19-27(46(39-3,40-4)41-5)25(21-23-29(33)34)31(37)45-32(38)26(22-24-30(35)36)28(20-18-16-14-12-10-2)47(42-6,43-7)44-8/h25-28H,9-24H2,1-8H3,(H,33,34)(H,35,36). The first-order valence-corrected chi connectivity index (χ1v) is 20.5. The molecule has 4 atom stereocenters. The molecule has 0 amide bonds. The van der Waals surface area contributed by atoms with Crippen molar-refractivity contribution < 1.29 is 60.7 Å². The van der Waals surface area contributed by atoms with Gasteiger partial charge in [-0.25, -0.2) is 0 Å². The van der Waals surface area contributed by atoms with Crippen molar-refractivity contribution in [3.05, 3.63) is 0 Å². The van der Waals surface area contributed by atoms with Crippen molar-refractivity contribution in [1.29, 1.82) is 0 Å². The number of hydrogen-bond donors (Lipinski definition) is 2. The van der Waals surface area contributed by atoms with Crippen LogP contribution in [0.5, 0.6) is 0 Å². The van der Waals surface area contributed by atoms with E-state index in [1.165, 1.54) is 42.7 Å². The van der Waals surface area contributed by atoms with Gasteiger partial charge in [0.25, 0.3) is 0 Å². The van der Waals surface area contributed by atoms with Gasteiger partial charge in [-0.1, -0.05) is 78.1 Å².